The Morgan fingerprint density at radius 2 is 1.32 bits per heavy atom. The topological polar surface area (TPSA) is 71.1 Å². The highest BCUT2D eigenvalue weighted by molar-refractivity contribution is 5.90. The summed E-state index contributed by atoms with van der Waals surface area (Å²) in [4.78, 5) is 24.9. The van der Waals surface area contributed by atoms with Crippen LogP contribution in [0, 0.1) is 0 Å². The van der Waals surface area contributed by atoms with Crippen molar-refractivity contribution >= 4 is 11.9 Å². The summed E-state index contributed by atoms with van der Waals surface area (Å²) in [5, 5.41) is 0. The number of carbonyl (C=O) groups excluding carboxylic acids is 2. The standard InChI is InChI=1S/C21H21FO6/c1-13-17(27-19(23)14-9-5-3-6-10-14)18(16(22)21(25-2)26-13)28-20(24)15-11-7-4-8-12-15/h3-13,16-18,21H,1-2H3/t13-,16-,17-,18+,21-/m1/s1. The molecule has 0 aromatic heterocycles. The quantitative estimate of drug-likeness (QED) is 0.733. The molecule has 0 amide bonds. The molecule has 1 aliphatic rings. The Kier molecular flexibility index (Phi) is 6.38. The van der Waals surface area contributed by atoms with Crippen molar-refractivity contribution in [2.75, 3.05) is 7.11 Å². The van der Waals surface area contributed by atoms with Crippen molar-refractivity contribution in [1.29, 1.82) is 0 Å². The van der Waals surface area contributed by atoms with Crippen molar-refractivity contribution in [2.45, 2.75) is 37.7 Å². The summed E-state index contributed by atoms with van der Waals surface area (Å²) in [6, 6.07) is 16.5. The number of methoxy groups -OCH3 is 1. The third-order valence-corrected chi connectivity index (χ3v) is 4.45. The van der Waals surface area contributed by atoms with Crippen LogP contribution in [0.4, 0.5) is 4.39 Å². The van der Waals surface area contributed by atoms with E-state index >= 15 is 0 Å². The number of hydrogen-bond donors (Lipinski definition) is 0. The number of hydrogen-bond acceptors (Lipinski definition) is 6. The van der Waals surface area contributed by atoms with Gasteiger partial charge >= 0.3 is 11.9 Å². The Morgan fingerprint density at radius 1 is 0.857 bits per heavy atom. The Hall–Kier alpha value is -2.77. The zero-order valence-corrected chi connectivity index (χ0v) is 15.5. The molecule has 0 bridgehead atoms. The Labute approximate surface area is 162 Å². The van der Waals surface area contributed by atoms with Crippen molar-refractivity contribution in [1.82, 2.24) is 0 Å². The Morgan fingerprint density at radius 3 is 1.79 bits per heavy atom. The minimum Gasteiger partial charge on any atom is -0.452 e. The lowest BCUT2D eigenvalue weighted by Crippen LogP contribution is -2.58. The molecule has 6 nitrogen and oxygen atoms in total. The zero-order chi connectivity index (χ0) is 20.1. The molecular weight excluding hydrogens is 367 g/mol. The molecule has 28 heavy (non-hydrogen) atoms. The van der Waals surface area contributed by atoms with Crippen LogP contribution in [0.25, 0.3) is 0 Å². The van der Waals surface area contributed by atoms with Crippen LogP contribution in [0.2, 0.25) is 0 Å². The molecule has 0 saturated carbocycles. The van der Waals surface area contributed by atoms with E-state index in [1.807, 2.05) is 0 Å². The minimum absolute atomic E-state index is 0.260. The second-order valence-corrected chi connectivity index (χ2v) is 6.36. The first-order chi connectivity index (χ1) is 13.5. The average Bonchev–Trinajstić information content (AvgIpc) is 2.73. The van der Waals surface area contributed by atoms with E-state index in [1.165, 1.54) is 7.11 Å². The van der Waals surface area contributed by atoms with Gasteiger partial charge in [0.25, 0.3) is 0 Å². The fourth-order valence-electron chi connectivity index (χ4n) is 2.98. The highest BCUT2D eigenvalue weighted by Crippen LogP contribution is 2.29. The van der Waals surface area contributed by atoms with Gasteiger partial charge in [-0.05, 0) is 31.2 Å². The second-order valence-electron chi connectivity index (χ2n) is 6.36. The summed E-state index contributed by atoms with van der Waals surface area (Å²) in [6.45, 7) is 1.60. The molecule has 2 aromatic rings. The molecule has 0 N–H and O–H groups in total. The van der Waals surface area contributed by atoms with Gasteiger partial charge in [0.1, 0.15) is 0 Å². The van der Waals surface area contributed by atoms with E-state index in [1.54, 1.807) is 67.6 Å². The van der Waals surface area contributed by atoms with Crippen molar-refractivity contribution < 1.29 is 32.9 Å². The highest BCUT2D eigenvalue weighted by atomic mass is 19.1. The van der Waals surface area contributed by atoms with E-state index in [9.17, 15) is 14.0 Å². The predicted molar refractivity (Wildman–Crippen MR) is 97.5 cm³/mol. The van der Waals surface area contributed by atoms with E-state index in [0.717, 1.165) is 0 Å². The summed E-state index contributed by atoms with van der Waals surface area (Å²) in [5.41, 5.74) is 0.558. The molecule has 1 heterocycles. The van der Waals surface area contributed by atoms with Crippen LogP contribution in [0.3, 0.4) is 0 Å². The van der Waals surface area contributed by atoms with Gasteiger partial charge in [0.05, 0.1) is 17.2 Å². The summed E-state index contributed by atoms with van der Waals surface area (Å²) in [6.07, 6.45) is -6.34. The van der Waals surface area contributed by atoms with Gasteiger partial charge in [-0.1, -0.05) is 36.4 Å². The average molecular weight is 388 g/mol. The molecule has 0 unspecified atom stereocenters. The molecule has 5 atom stereocenters. The van der Waals surface area contributed by atoms with Gasteiger partial charge in [-0.2, -0.15) is 0 Å². The second kappa shape index (κ2) is 8.95. The van der Waals surface area contributed by atoms with Crippen LogP contribution in [0.15, 0.2) is 60.7 Å². The normalized spacial score (nSPS) is 27.0. The summed E-state index contributed by atoms with van der Waals surface area (Å²) >= 11 is 0. The van der Waals surface area contributed by atoms with E-state index in [-0.39, 0.29) is 5.56 Å². The largest absolute Gasteiger partial charge is 0.452 e. The van der Waals surface area contributed by atoms with Crippen LogP contribution in [0.1, 0.15) is 27.6 Å². The van der Waals surface area contributed by atoms with Gasteiger partial charge < -0.3 is 18.9 Å². The van der Waals surface area contributed by atoms with Gasteiger partial charge in [-0.15, -0.1) is 0 Å². The maximum atomic E-state index is 14.9. The molecule has 1 saturated heterocycles. The number of alkyl halides is 1. The summed E-state index contributed by atoms with van der Waals surface area (Å²) in [7, 11) is 1.29. The van der Waals surface area contributed by atoms with E-state index in [4.69, 9.17) is 18.9 Å². The lowest BCUT2D eigenvalue weighted by atomic mass is 10.00. The minimum atomic E-state index is -1.83. The van der Waals surface area contributed by atoms with Gasteiger partial charge in [0.2, 0.25) is 0 Å². The Balaban J connectivity index is 1.82. The van der Waals surface area contributed by atoms with Crippen LogP contribution < -0.4 is 0 Å². The maximum absolute atomic E-state index is 14.9. The van der Waals surface area contributed by atoms with E-state index in [2.05, 4.69) is 0 Å². The third kappa shape index (κ3) is 4.37. The third-order valence-electron chi connectivity index (χ3n) is 4.45. The summed E-state index contributed by atoms with van der Waals surface area (Å²) < 4.78 is 36.3. The SMILES string of the molecule is CO[C@@H]1O[C@H](C)[C@@H](OC(=O)c2ccccc2)[C@@H](OC(=O)c2ccccc2)[C@H]1F. The molecular formula is C21H21FO6. The first kappa shape index (κ1) is 20.0. The van der Waals surface area contributed by atoms with Crippen LogP contribution >= 0.6 is 0 Å². The lowest BCUT2D eigenvalue weighted by molar-refractivity contribution is -0.269. The molecule has 0 radical (unpaired) electrons. The summed E-state index contributed by atoms with van der Waals surface area (Å²) in [5.74, 6) is -1.39. The number of halogens is 1. The lowest BCUT2D eigenvalue weighted by Gasteiger charge is -2.40. The van der Waals surface area contributed by atoms with Crippen molar-refractivity contribution in [3.8, 4) is 0 Å². The van der Waals surface area contributed by atoms with Gasteiger partial charge in [-0.3, -0.25) is 0 Å². The first-order valence-corrected chi connectivity index (χ1v) is 8.85. The zero-order valence-electron chi connectivity index (χ0n) is 15.5. The monoisotopic (exact) mass is 388 g/mol. The van der Waals surface area contributed by atoms with Crippen molar-refractivity contribution in [3.63, 3.8) is 0 Å². The fraction of sp³-hybridized carbons (Fsp3) is 0.333. The van der Waals surface area contributed by atoms with E-state index in [0.29, 0.717) is 5.56 Å². The maximum Gasteiger partial charge on any atom is 0.338 e. The smallest absolute Gasteiger partial charge is 0.338 e. The van der Waals surface area contributed by atoms with Crippen LogP contribution in [-0.4, -0.2) is 49.8 Å². The number of benzene rings is 2. The molecule has 0 aliphatic carbocycles. The van der Waals surface area contributed by atoms with Crippen molar-refractivity contribution in [2.24, 2.45) is 0 Å². The predicted octanol–water partition coefficient (Wildman–Crippen LogP) is 3.17. The molecule has 2 aromatic carbocycles. The molecule has 1 aliphatic heterocycles. The van der Waals surface area contributed by atoms with Crippen LogP contribution in [0.5, 0.6) is 0 Å². The molecule has 3 rings (SSSR count). The Bertz CT molecular complexity index is 797. The fourth-order valence-corrected chi connectivity index (χ4v) is 2.98. The van der Waals surface area contributed by atoms with E-state index < -0.39 is 42.7 Å². The molecule has 1 fully saturated rings. The molecule has 148 valence electrons. The number of rotatable bonds is 5. The van der Waals surface area contributed by atoms with Gasteiger partial charge in [0.15, 0.2) is 24.7 Å². The molecule has 7 heteroatoms. The molecule has 0 spiro atoms. The van der Waals surface area contributed by atoms with Crippen molar-refractivity contribution in [3.05, 3.63) is 71.8 Å². The van der Waals surface area contributed by atoms with Gasteiger partial charge in [0, 0.05) is 7.11 Å². The number of esters is 2. The van der Waals surface area contributed by atoms with Crippen LogP contribution in [-0.2, 0) is 18.9 Å². The first-order valence-electron chi connectivity index (χ1n) is 8.85. The van der Waals surface area contributed by atoms with Gasteiger partial charge in [-0.25, -0.2) is 14.0 Å². The highest BCUT2D eigenvalue weighted by Gasteiger charge is 2.49. The number of carbonyl (C=O) groups is 2. The number of ether oxygens (including phenoxy) is 4.